The van der Waals surface area contributed by atoms with Crippen molar-refractivity contribution in [2.24, 2.45) is 0 Å². The molecule has 0 bridgehead atoms. The Kier molecular flexibility index (Phi) is 7.27. The van der Waals surface area contributed by atoms with E-state index < -0.39 is 0 Å². The number of nitrogens with zero attached hydrogens (tertiary/aromatic N) is 1. The number of aryl methyl sites for hydroxylation is 2. The molecule has 0 amide bonds. The van der Waals surface area contributed by atoms with Gasteiger partial charge in [-0.25, -0.2) is 4.98 Å². The first kappa shape index (κ1) is 19.4. The molecule has 2 heteroatoms. The maximum atomic E-state index is 4.85. The normalized spacial score (nSPS) is 11.0. The molecule has 0 unspecified atom stereocenters. The lowest BCUT2D eigenvalue weighted by molar-refractivity contribution is 0.607. The third-order valence-corrected chi connectivity index (χ3v) is 5.19. The van der Waals surface area contributed by atoms with Gasteiger partial charge in [-0.2, -0.15) is 0 Å². The van der Waals surface area contributed by atoms with Crippen molar-refractivity contribution in [3.05, 3.63) is 77.2 Å². The maximum Gasteiger partial charge on any atom is 0.111 e. The van der Waals surface area contributed by atoms with E-state index in [1.807, 2.05) is 0 Å². The molecule has 2 aromatic carbocycles. The fraction of sp³-hybridized carbons (Fsp3) is 0.400. The second-order valence-electron chi connectivity index (χ2n) is 7.53. The number of hydrogen-bond acceptors (Lipinski definition) is 1. The fourth-order valence-corrected chi connectivity index (χ4v) is 3.62. The van der Waals surface area contributed by atoms with Crippen molar-refractivity contribution in [1.29, 1.82) is 0 Å². The summed E-state index contributed by atoms with van der Waals surface area (Å²) in [5.74, 6) is 1.03. The van der Waals surface area contributed by atoms with E-state index >= 15 is 0 Å². The van der Waals surface area contributed by atoms with Gasteiger partial charge in [0.05, 0.1) is 5.69 Å². The standard InChI is InChI=1S/C25H32N2/c1-3-4-5-6-7-9-12-21-15-17-23(18-16-21)25-20(2)26-24(27-25)19-22-13-10-8-11-14-22/h8,10-11,13-18H,3-7,9,12,19H2,1-2H3,(H,26,27). The molecule has 0 saturated heterocycles. The molecule has 0 aliphatic heterocycles. The highest BCUT2D eigenvalue weighted by Gasteiger charge is 2.09. The summed E-state index contributed by atoms with van der Waals surface area (Å²) < 4.78 is 0. The van der Waals surface area contributed by atoms with Gasteiger partial charge in [-0.1, -0.05) is 93.6 Å². The van der Waals surface area contributed by atoms with Gasteiger partial charge in [-0.3, -0.25) is 0 Å². The van der Waals surface area contributed by atoms with Gasteiger partial charge in [-0.15, -0.1) is 0 Å². The number of benzene rings is 2. The minimum atomic E-state index is 0.845. The van der Waals surface area contributed by atoms with E-state index in [-0.39, 0.29) is 0 Å². The van der Waals surface area contributed by atoms with Crippen LogP contribution in [0.2, 0.25) is 0 Å². The molecule has 142 valence electrons. The zero-order valence-corrected chi connectivity index (χ0v) is 16.8. The lowest BCUT2D eigenvalue weighted by Crippen LogP contribution is -1.90. The third kappa shape index (κ3) is 5.82. The number of rotatable bonds is 10. The van der Waals surface area contributed by atoms with Crippen LogP contribution < -0.4 is 0 Å². The predicted molar refractivity (Wildman–Crippen MR) is 115 cm³/mol. The van der Waals surface area contributed by atoms with Gasteiger partial charge in [0, 0.05) is 17.7 Å². The molecule has 0 saturated carbocycles. The summed E-state index contributed by atoms with van der Waals surface area (Å²) in [5, 5.41) is 0. The van der Waals surface area contributed by atoms with Crippen LogP contribution >= 0.6 is 0 Å². The summed E-state index contributed by atoms with van der Waals surface area (Å²) in [6.45, 7) is 4.38. The number of unbranched alkanes of at least 4 members (excludes halogenated alkanes) is 5. The second kappa shape index (κ2) is 10.1. The first-order chi connectivity index (χ1) is 13.3. The third-order valence-electron chi connectivity index (χ3n) is 5.19. The van der Waals surface area contributed by atoms with Crippen molar-refractivity contribution in [2.45, 2.75) is 65.2 Å². The molecule has 0 aliphatic carbocycles. The smallest absolute Gasteiger partial charge is 0.111 e. The van der Waals surface area contributed by atoms with Gasteiger partial charge in [0.25, 0.3) is 0 Å². The molecule has 1 aromatic heterocycles. The van der Waals surface area contributed by atoms with Crippen LogP contribution in [-0.2, 0) is 12.8 Å². The van der Waals surface area contributed by atoms with Crippen LogP contribution in [0.25, 0.3) is 11.3 Å². The van der Waals surface area contributed by atoms with Crippen LogP contribution in [0.15, 0.2) is 54.6 Å². The molecule has 1 N–H and O–H groups in total. The number of nitrogens with one attached hydrogen (secondary N) is 1. The van der Waals surface area contributed by atoms with Crippen LogP contribution in [0.3, 0.4) is 0 Å². The van der Waals surface area contributed by atoms with E-state index in [9.17, 15) is 0 Å². The van der Waals surface area contributed by atoms with E-state index in [1.54, 1.807) is 0 Å². The van der Waals surface area contributed by atoms with Gasteiger partial charge in [0.2, 0.25) is 0 Å². The SMILES string of the molecule is CCCCCCCCc1ccc(-c2nc(Cc3ccccc3)[nH]c2C)cc1. The molecule has 3 rings (SSSR count). The Morgan fingerprint density at radius 2 is 1.48 bits per heavy atom. The minimum absolute atomic E-state index is 0.845. The summed E-state index contributed by atoms with van der Waals surface area (Å²) in [4.78, 5) is 8.31. The van der Waals surface area contributed by atoms with E-state index in [2.05, 4.69) is 73.4 Å². The summed E-state index contributed by atoms with van der Waals surface area (Å²) in [7, 11) is 0. The highest BCUT2D eigenvalue weighted by atomic mass is 14.9. The van der Waals surface area contributed by atoms with Gasteiger partial charge in [0.1, 0.15) is 5.82 Å². The Labute approximate surface area is 164 Å². The molecule has 0 spiro atoms. The van der Waals surface area contributed by atoms with Gasteiger partial charge in [-0.05, 0) is 30.9 Å². The summed E-state index contributed by atoms with van der Waals surface area (Å²) >= 11 is 0. The van der Waals surface area contributed by atoms with Crippen molar-refractivity contribution >= 4 is 0 Å². The minimum Gasteiger partial charge on any atom is -0.345 e. The van der Waals surface area contributed by atoms with Crippen LogP contribution in [0.5, 0.6) is 0 Å². The molecular formula is C25H32N2. The van der Waals surface area contributed by atoms with Crippen LogP contribution in [0.4, 0.5) is 0 Å². The molecule has 1 heterocycles. The first-order valence-electron chi connectivity index (χ1n) is 10.4. The Bertz CT molecular complexity index is 800. The van der Waals surface area contributed by atoms with Crippen LogP contribution in [-0.4, -0.2) is 9.97 Å². The van der Waals surface area contributed by atoms with Crippen LogP contribution in [0.1, 0.15) is 68.1 Å². The van der Waals surface area contributed by atoms with E-state index in [0.29, 0.717) is 0 Å². The Balaban J connectivity index is 1.57. The Morgan fingerprint density at radius 3 is 2.22 bits per heavy atom. The number of aromatic nitrogens is 2. The zero-order valence-electron chi connectivity index (χ0n) is 16.8. The molecule has 0 atom stereocenters. The molecule has 0 fully saturated rings. The van der Waals surface area contributed by atoms with Crippen molar-refractivity contribution in [3.63, 3.8) is 0 Å². The average Bonchev–Trinajstić information content (AvgIpc) is 3.06. The summed E-state index contributed by atoms with van der Waals surface area (Å²) in [6, 6.07) is 19.5. The van der Waals surface area contributed by atoms with Gasteiger partial charge >= 0.3 is 0 Å². The van der Waals surface area contributed by atoms with Gasteiger partial charge < -0.3 is 4.98 Å². The second-order valence-corrected chi connectivity index (χ2v) is 7.53. The topological polar surface area (TPSA) is 28.7 Å². The molecule has 3 aromatic rings. The van der Waals surface area contributed by atoms with E-state index in [0.717, 1.165) is 23.6 Å². The predicted octanol–water partition coefficient (Wildman–Crippen LogP) is 6.88. The van der Waals surface area contributed by atoms with Crippen molar-refractivity contribution in [2.75, 3.05) is 0 Å². The van der Waals surface area contributed by atoms with Crippen molar-refractivity contribution in [1.82, 2.24) is 9.97 Å². The molecule has 0 aliphatic rings. The summed E-state index contributed by atoms with van der Waals surface area (Å²) in [5.41, 5.74) is 6.14. The quantitative estimate of drug-likeness (QED) is 0.392. The zero-order chi connectivity index (χ0) is 18.9. The van der Waals surface area contributed by atoms with E-state index in [1.165, 1.54) is 61.6 Å². The highest BCUT2D eigenvalue weighted by Crippen LogP contribution is 2.23. The molecular weight excluding hydrogens is 328 g/mol. The largest absolute Gasteiger partial charge is 0.345 e. The number of H-pyrrole nitrogens is 1. The lowest BCUT2D eigenvalue weighted by atomic mass is 10.0. The van der Waals surface area contributed by atoms with Crippen LogP contribution in [0, 0.1) is 6.92 Å². The highest BCUT2D eigenvalue weighted by molar-refractivity contribution is 5.62. The summed E-state index contributed by atoms with van der Waals surface area (Å²) in [6.07, 6.45) is 10.1. The average molecular weight is 361 g/mol. The number of imidazole rings is 1. The lowest BCUT2D eigenvalue weighted by Gasteiger charge is -2.04. The first-order valence-corrected chi connectivity index (χ1v) is 10.4. The molecule has 2 nitrogen and oxygen atoms in total. The molecule has 0 radical (unpaired) electrons. The van der Waals surface area contributed by atoms with Crippen molar-refractivity contribution in [3.8, 4) is 11.3 Å². The van der Waals surface area contributed by atoms with Crippen molar-refractivity contribution < 1.29 is 0 Å². The molecule has 27 heavy (non-hydrogen) atoms. The Morgan fingerprint density at radius 1 is 0.778 bits per heavy atom. The Hall–Kier alpha value is -2.35. The fourth-order valence-electron chi connectivity index (χ4n) is 3.62. The number of aromatic amines is 1. The number of hydrogen-bond donors (Lipinski definition) is 1. The van der Waals surface area contributed by atoms with Gasteiger partial charge in [0.15, 0.2) is 0 Å². The maximum absolute atomic E-state index is 4.85. The monoisotopic (exact) mass is 360 g/mol. The van der Waals surface area contributed by atoms with E-state index in [4.69, 9.17) is 4.98 Å².